The lowest BCUT2D eigenvalue weighted by molar-refractivity contribution is 0.274. The van der Waals surface area contributed by atoms with Crippen molar-refractivity contribution in [2.75, 3.05) is 18.0 Å². The first-order valence-electron chi connectivity index (χ1n) is 7.24. The van der Waals surface area contributed by atoms with Crippen LogP contribution >= 0.6 is 0 Å². The summed E-state index contributed by atoms with van der Waals surface area (Å²) in [5.74, 6) is 2.54. The summed E-state index contributed by atoms with van der Waals surface area (Å²) < 4.78 is 0. The Morgan fingerprint density at radius 2 is 2.11 bits per heavy atom. The minimum absolute atomic E-state index is 0.0159. The van der Waals surface area contributed by atoms with Crippen molar-refractivity contribution in [2.24, 2.45) is 11.8 Å². The fourth-order valence-electron chi connectivity index (χ4n) is 2.57. The van der Waals surface area contributed by atoms with Gasteiger partial charge in [0.1, 0.15) is 5.82 Å². The third-order valence-electron chi connectivity index (χ3n) is 4.21. The van der Waals surface area contributed by atoms with Crippen molar-refractivity contribution in [1.82, 2.24) is 9.97 Å². The fraction of sp³-hybridized carbons (Fsp3) is 0.733. The molecular formula is C15H25N3O. The second kappa shape index (κ2) is 5.87. The zero-order valence-corrected chi connectivity index (χ0v) is 12.4. The minimum Gasteiger partial charge on any atom is -0.390 e. The summed E-state index contributed by atoms with van der Waals surface area (Å²) in [7, 11) is 0. The second-order valence-corrected chi connectivity index (χ2v) is 6.06. The Labute approximate surface area is 115 Å². The van der Waals surface area contributed by atoms with Gasteiger partial charge in [0.2, 0.25) is 0 Å². The quantitative estimate of drug-likeness (QED) is 0.910. The molecule has 106 valence electrons. The van der Waals surface area contributed by atoms with Crippen LogP contribution in [-0.2, 0) is 6.61 Å². The van der Waals surface area contributed by atoms with E-state index in [2.05, 4.69) is 42.6 Å². The van der Waals surface area contributed by atoms with Gasteiger partial charge in [-0.25, -0.2) is 9.97 Å². The van der Waals surface area contributed by atoms with E-state index >= 15 is 0 Å². The lowest BCUT2D eigenvalue weighted by Crippen LogP contribution is -2.39. The van der Waals surface area contributed by atoms with Crippen LogP contribution in [0.3, 0.4) is 0 Å². The summed E-state index contributed by atoms with van der Waals surface area (Å²) in [6.07, 6.45) is 3.08. The molecule has 1 aromatic rings. The van der Waals surface area contributed by atoms with Crippen LogP contribution in [0.5, 0.6) is 0 Å². The second-order valence-electron chi connectivity index (χ2n) is 6.06. The van der Waals surface area contributed by atoms with Crippen molar-refractivity contribution in [3.63, 3.8) is 0 Å². The van der Waals surface area contributed by atoms with Crippen molar-refractivity contribution in [3.05, 3.63) is 17.7 Å². The Balaban J connectivity index is 2.24. The van der Waals surface area contributed by atoms with Crippen molar-refractivity contribution in [2.45, 2.75) is 46.6 Å². The highest BCUT2D eigenvalue weighted by atomic mass is 16.3. The summed E-state index contributed by atoms with van der Waals surface area (Å²) in [5.41, 5.74) is 1.77. The smallest absolute Gasteiger partial charge is 0.131 e. The maximum absolute atomic E-state index is 9.56. The molecule has 4 heteroatoms. The van der Waals surface area contributed by atoms with Crippen LogP contribution in [0, 0.1) is 11.8 Å². The molecule has 2 heterocycles. The molecule has 2 atom stereocenters. The van der Waals surface area contributed by atoms with Gasteiger partial charge in [0, 0.05) is 19.0 Å². The van der Waals surface area contributed by atoms with Gasteiger partial charge in [-0.1, -0.05) is 27.7 Å². The zero-order valence-electron chi connectivity index (χ0n) is 12.4. The summed E-state index contributed by atoms with van der Waals surface area (Å²) in [6.45, 7) is 10.8. The van der Waals surface area contributed by atoms with Crippen LogP contribution in [0.25, 0.3) is 0 Å². The van der Waals surface area contributed by atoms with Crippen LogP contribution in [0.2, 0.25) is 0 Å². The molecule has 1 saturated heterocycles. The van der Waals surface area contributed by atoms with E-state index in [-0.39, 0.29) is 6.61 Å². The summed E-state index contributed by atoms with van der Waals surface area (Å²) >= 11 is 0. The van der Waals surface area contributed by atoms with Gasteiger partial charge >= 0.3 is 0 Å². The Kier molecular flexibility index (Phi) is 4.40. The van der Waals surface area contributed by atoms with Crippen LogP contribution in [0.15, 0.2) is 6.20 Å². The number of nitrogens with zero attached hydrogens (tertiary/aromatic N) is 3. The normalized spacial score (nSPS) is 24.0. The van der Waals surface area contributed by atoms with Crippen molar-refractivity contribution in [1.29, 1.82) is 0 Å². The highest BCUT2D eigenvalue weighted by molar-refractivity contribution is 5.49. The number of aliphatic hydroxyl groups excluding tert-OH is 1. The molecule has 1 fully saturated rings. The number of hydrogen-bond acceptors (Lipinski definition) is 4. The largest absolute Gasteiger partial charge is 0.390 e. The van der Waals surface area contributed by atoms with Gasteiger partial charge in [0.05, 0.1) is 24.2 Å². The lowest BCUT2D eigenvalue weighted by Gasteiger charge is -2.37. The molecule has 0 saturated carbocycles. The van der Waals surface area contributed by atoms with Gasteiger partial charge in [-0.15, -0.1) is 0 Å². The standard InChI is InChI=1S/C15H25N3O/c1-10(2)15-16-7-14(13(9-19)17-15)18-6-5-11(3)12(4)8-18/h7,10-12,19H,5-6,8-9H2,1-4H3. The van der Waals surface area contributed by atoms with Crippen molar-refractivity contribution < 1.29 is 5.11 Å². The molecule has 0 aliphatic carbocycles. The van der Waals surface area contributed by atoms with Gasteiger partial charge in [0.15, 0.2) is 0 Å². The molecule has 19 heavy (non-hydrogen) atoms. The molecular weight excluding hydrogens is 238 g/mol. The zero-order chi connectivity index (χ0) is 14.0. The van der Waals surface area contributed by atoms with Gasteiger partial charge < -0.3 is 10.0 Å². The van der Waals surface area contributed by atoms with Gasteiger partial charge in [-0.05, 0) is 18.3 Å². The number of aromatic nitrogens is 2. The fourth-order valence-corrected chi connectivity index (χ4v) is 2.57. The molecule has 0 amide bonds. The van der Waals surface area contributed by atoms with Crippen LogP contribution in [-0.4, -0.2) is 28.2 Å². The molecule has 1 N–H and O–H groups in total. The summed E-state index contributed by atoms with van der Waals surface area (Å²) in [6, 6.07) is 0. The molecule has 1 aromatic heterocycles. The molecule has 1 aliphatic heterocycles. The third kappa shape index (κ3) is 3.06. The average molecular weight is 263 g/mol. The lowest BCUT2D eigenvalue weighted by atomic mass is 9.88. The number of aliphatic hydroxyl groups is 1. The Morgan fingerprint density at radius 3 is 2.68 bits per heavy atom. The predicted molar refractivity (Wildman–Crippen MR) is 77.2 cm³/mol. The maximum atomic E-state index is 9.56. The number of hydrogen-bond donors (Lipinski definition) is 1. The first-order valence-corrected chi connectivity index (χ1v) is 7.24. The molecule has 0 spiro atoms. The van der Waals surface area contributed by atoms with Crippen molar-refractivity contribution >= 4 is 5.69 Å². The van der Waals surface area contributed by atoms with E-state index < -0.39 is 0 Å². The van der Waals surface area contributed by atoms with E-state index in [4.69, 9.17) is 0 Å². The number of anilines is 1. The number of piperidine rings is 1. The van der Waals surface area contributed by atoms with Gasteiger partial charge in [-0.2, -0.15) is 0 Å². The third-order valence-corrected chi connectivity index (χ3v) is 4.21. The van der Waals surface area contributed by atoms with Crippen molar-refractivity contribution in [3.8, 4) is 0 Å². The molecule has 0 bridgehead atoms. The van der Waals surface area contributed by atoms with Crippen LogP contribution < -0.4 is 4.90 Å². The molecule has 0 aromatic carbocycles. The van der Waals surface area contributed by atoms with E-state index in [1.54, 1.807) is 0 Å². The Morgan fingerprint density at radius 1 is 1.37 bits per heavy atom. The predicted octanol–water partition coefficient (Wildman–Crippen LogP) is 2.57. The van der Waals surface area contributed by atoms with E-state index in [0.29, 0.717) is 11.8 Å². The molecule has 2 unspecified atom stereocenters. The molecule has 1 aliphatic rings. The average Bonchev–Trinajstić information content (AvgIpc) is 2.41. The van der Waals surface area contributed by atoms with E-state index in [0.717, 1.165) is 36.2 Å². The SMILES string of the molecule is CC(C)c1ncc(N2CCC(C)C(C)C2)c(CO)n1. The molecule has 2 rings (SSSR count). The van der Waals surface area contributed by atoms with Gasteiger partial charge in [-0.3, -0.25) is 0 Å². The number of rotatable bonds is 3. The van der Waals surface area contributed by atoms with Crippen LogP contribution in [0.1, 0.15) is 51.6 Å². The highest BCUT2D eigenvalue weighted by Crippen LogP contribution is 2.28. The maximum Gasteiger partial charge on any atom is 0.131 e. The highest BCUT2D eigenvalue weighted by Gasteiger charge is 2.25. The Bertz CT molecular complexity index is 433. The Hall–Kier alpha value is -1.16. The summed E-state index contributed by atoms with van der Waals surface area (Å²) in [5, 5.41) is 9.56. The van der Waals surface area contributed by atoms with E-state index in [9.17, 15) is 5.11 Å². The minimum atomic E-state index is -0.0159. The topological polar surface area (TPSA) is 49.2 Å². The first-order chi connectivity index (χ1) is 9.02. The van der Waals surface area contributed by atoms with Gasteiger partial charge in [0.25, 0.3) is 0 Å². The monoisotopic (exact) mass is 263 g/mol. The van der Waals surface area contributed by atoms with Crippen LogP contribution in [0.4, 0.5) is 5.69 Å². The van der Waals surface area contributed by atoms with E-state index in [1.807, 2.05) is 6.20 Å². The van der Waals surface area contributed by atoms with E-state index in [1.165, 1.54) is 6.42 Å². The molecule has 4 nitrogen and oxygen atoms in total. The summed E-state index contributed by atoms with van der Waals surface area (Å²) in [4.78, 5) is 11.3. The first kappa shape index (κ1) is 14.3. The molecule has 0 radical (unpaired) electrons.